The van der Waals surface area contributed by atoms with Crippen LogP contribution in [0.2, 0.25) is 0 Å². The molecule has 0 spiro atoms. The molecule has 0 aliphatic carbocycles. The molecule has 9 heteroatoms. The van der Waals surface area contributed by atoms with Crippen molar-refractivity contribution in [1.29, 1.82) is 0 Å². The van der Waals surface area contributed by atoms with Crippen LogP contribution >= 0.6 is 11.8 Å². The summed E-state index contributed by atoms with van der Waals surface area (Å²) < 4.78 is 0. The maximum atomic E-state index is 12.3. The lowest BCUT2D eigenvalue weighted by Gasteiger charge is -2.49. The number of nitrogens with two attached hydrogens (primary N) is 1. The molecule has 8 nitrogen and oxygen atoms in total. The molecule has 2 amide bonds. The van der Waals surface area contributed by atoms with Gasteiger partial charge in [0.15, 0.2) is 0 Å². The third-order valence-electron chi connectivity index (χ3n) is 4.10. The highest BCUT2D eigenvalue weighted by molar-refractivity contribution is 8.00. The van der Waals surface area contributed by atoms with E-state index in [-0.39, 0.29) is 11.2 Å². The minimum absolute atomic E-state index is 0. The van der Waals surface area contributed by atoms with Gasteiger partial charge in [0.05, 0.1) is 0 Å². The lowest BCUT2D eigenvalue weighted by molar-refractivity contribution is -0.150. The lowest BCUT2D eigenvalue weighted by atomic mass is 10.0. The Morgan fingerprint density at radius 1 is 1.36 bits per heavy atom. The molecule has 1 saturated heterocycles. The van der Waals surface area contributed by atoms with Gasteiger partial charge in [0, 0.05) is 5.75 Å². The highest BCUT2D eigenvalue weighted by atomic mass is 32.2. The summed E-state index contributed by atoms with van der Waals surface area (Å²) in [6.45, 7) is 1.69. The van der Waals surface area contributed by atoms with Gasteiger partial charge in [-0.2, -0.15) is 0 Å². The summed E-state index contributed by atoms with van der Waals surface area (Å²) in [7, 11) is 0. The Morgan fingerprint density at radius 3 is 2.60 bits per heavy atom. The first-order valence-electron chi connectivity index (χ1n) is 7.40. The van der Waals surface area contributed by atoms with Crippen LogP contribution in [-0.2, 0) is 14.4 Å². The van der Waals surface area contributed by atoms with Crippen LogP contribution in [0.15, 0.2) is 41.6 Å². The van der Waals surface area contributed by atoms with Gasteiger partial charge < -0.3 is 21.6 Å². The standard InChI is InChI=1S/C16H17N3O4S.H2O/c1-8-7-24-15-11(14(21)19(15)12(8)16(22)23)18-13(20)10(17)9-5-3-2-4-6-9;/h2-6,10-11,15H,7,17H2,1H3,(H,18,20)(H,22,23);1H2/t10-,11+,15-;/m0./s1. The molecular formula is C16H19N3O5S. The Hall–Kier alpha value is -2.36. The highest BCUT2D eigenvalue weighted by Gasteiger charge is 2.53. The van der Waals surface area contributed by atoms with Gasteiger partial charge >= 0.3 is 5.97 Å². The molecule has 0 saturated carbocycles. The fraction of sp³-hybridized carbons (Fsp3) is 0.312. The van der Waals surface area contributed by atoms with Gasteiger partial charge in [0.25, 0.3) is 5.91 Å². The van der Waals surface area contributed by atoms with E-state index in [1.54, 1.807) is 31.2 Å². The maximum Gasteiger partial charge on any atom is 0.352 e. The summed E-state index contributed by atoms with van der Waals surface area (Å²) in [4.78, 5) is 37.2. The zero-order valence-corrected chi connectivity index (χ0v) is 14.2. The van der Waals surface area contributed by atoms with E-state index in [1.165, 1.54) is 16.7 Å². The van der Waals surface area contributed by atoms with Crippen LogP contribution < -0.4 is 11.1 Å². The van der Waals surface area contributed by atoms with Gasteiger partial charge in [-0.25, -0.2) is 4.79 Å². The second-order valence-corrected chi connectivity index (χ2v) is 6.82. The van der Waals surface area contributed by atoms with E-state index in [0.29, 0.717) is 16.9 Å². The number of amides is 2. The largest absolute Gasteiger partial charge is 0.477 e. The number of rotatable bonds is 4. The number of carbonyl (C=O) groups excluding carboxylic acids is 2. The van der Waals surface area contributed by atoms with Crippen molar-refractivity contribution in [3.8, 4) is 0 Å². The molecule has 3 atom stereocenters. The van der Waals surface area contributed by atoms with Crippen LogP contribution in [0.5, 0.6) is 0 Å². The molecule has 0 bridgehead atoms. The second-order valence-electron chi connectivity index (χ2n) is 5.72. The first-order chi connectivity index (χ1) is 11.4. The van der Waals surface area contributed by atoms with E-state index in [1.807, 2.05) is 6.07 Å². The van der Waals surface area contributed by atoms with Crippen LogP contribution in [0.4, 0.5) is 0 Å². The summed E-state index contributed by atoms with van der Waals surface area (Å²) in [6.07, 6.45) is 0. The van der Waals surface area contributed by atoms with Crippen molar-refractivity contribution in [2.45, 2.75) is 24.4 Å². The molecule has 2 aliphatic heterocycles. The minimum atomic E-state index is -1.13. The van der Waals surface area contributed by atoms with E-state index in [2.05, 4.69) is 5.32 Å². The first-order valence-corrected chi connectivity index (χ1v) is 8.45. The van der Waals surface area contributed by atoms with Gasteiger partial charge in [-0.15, -0.1) is 11.8 Å². The number of carboxylic acids is 1. The SMILES string of the molecule is CC1=C(C(=O)O)N2C(=O)[C@@H](NC(=O)[C@@H](N)c3ccccc3)[C@@H]2SC1.O. The number of aliphatic carboxylic acids is 1. The third-order valence-corrected chi connectivity index (χ3v) is 5.52. The number of hydrogen-bond donors (Lipinski definition) is 3. The summed E-state index contributed by atoms with van der Waals surface area (Å²) in [5.41, 5.74) is 7.24. The third kappa shape index (κ3) is 3.26. The molecule has 0 unspecified atom stereocenters. The molecule has 6 N–H and O–H groups in total. The van der Waals surface area contributed by atoms with Gasteiger partial charge in [0.1, 0.15) is 23.2 Å². The predicted octanol–water partition coefficient (Wildman–Crippen LogP) is -0.380. The van der Waals surface area contributed by atoms with Gasteiger partial charge in [0.2, 0.25) is 5.91 Å². The number of hydrogen-bond acceptors (Lipinski definition) is 5. The second kappa shape index (κ2) is 7.26. The Kier molecular flexibility index (Phi) is 5.51. The molecule has 1 aromatic carbocycles. The maximum absolute atomic E-state index is 12.3. The summed E-state index contributed by atoms with van der Waals surface area (Å²) in [5, 5.41) is 11.5. The van der Waals surface area contributed by atoms with Crippen molar-refractivity contribution < 1.29 is 25.0 Å². The summed E-state index contributed by atoms with van der Waals surface area (Å²) in [5.74, 6) is -1.50. The molecular weight excluding hydrogens is 346 g/mol. The van der Waals surface area contributed by atoms with Crippen LogP contribution in [0, 0.1) is 0 Å². The number of carboxylic acid groups (broad SMARTS) is 1. The molecule has 2 heterocycles. The molecule has 3 rings (SSSR count). The number of thioether (sulfide) groups is 1. The minimum Gasteiger partial charge on any atom is -0.477 e. The van der Waals surface area contributed by atoms with E-state index in [4.69, 9.17) is 5.73 Å². The average Bonchev–Trinajstić information content (AvgIpc) is 2.59. The predicted molar refractivity (Wildman–Crippen MR) is 92.3 cm³/mol. The van der Waals surface area contributed by atoms with Crippen LogP contribution in [0.1, 0.15) is 18.5 Å². The van der Waals surface area contributed by atoms with Crippen molar-refractivity contribution in [3.05, 3.63) is 47.2 Å². The van der Waals surface area contributed by atoms with Crippen LogP contribution in [0.25, 0.3) is 0 Å². The fourth-order valence-electron chi connectivity index (χ4n) is 2.83. The van der Waals surface area contributed by atoms with E-state index < -0.39 is 35.2 Å². The van der Waals surface area contributed by atoms with Crippen molar-refractivity contribution in [2.75, 3.05) is 5.75 Å². The normalized spacial score (nSPS) is 23.1. The van der Waals surface area contributed by atoms with Gasteiger partial charge in [-0.1, -0.05) is 30.3 Å². The Labute approximate surface area is 148 Å². The smallest absolute Gasteiger partial charge is 0.352 e. The lowest BCUT2D eigenvalue weighted by Crippen LogP contribution is -2.71. The fourth-order valence-corrected chi connectivity index (χ4v) is 4.12. The monoisotopic (exact) mass is 365 g/mol. The molecule has 1 fully saturated rings. The highest BCUT2D eigenvalue weighted by Crippen LogP contribution is 2.40. The average molecular weight is 365 g/mol. The Balaban J connectivity index is 0.00000225. The quantitative estimate of drug-likeness (QED) is 0.620. The molecule has 0 radical (unpaired) electrons. The van der Waals surface area contributed by atoms with Gasteiger partial charge in [-0.3, -0.25) is 14.5 Å². The zero-order chi connectivity index (χ0) is 17.4. The topological polar surface area (TPSA) is 144 Å². The van der Waals surface area contributed by atoms with Crippen molar-refractivity contribution in [1.82, 2.24) is 10.2 Å². The number of carbonyl (C=O) groups is 3. The molecule has 134 valence electrons. The number of fused-ring (bicyclic) bond motifs is 1. The molecule has 25 heavy (non-hydrogen) atoms. The van der Waals surface area contributed by atoms with Crippen LogP contribution in [0.3, 0.4) is 0 Å². The number of nitrogens with one attached hydrogen (secondary N) is 1. The van der Waals surface area contributed by atoms with Crippen molar-refractivity contribution in [3.63, 3.8) is 0 Å². The summed E-state index contributed by atoms with van der Waals surface area (Å²) in [6, 6.07) is 7.23. The number of benzene rings is 1. The molecule has 2 aliphatic rings. The van der Waals surface area contributed by atoms with Gasteiger partial charge in [-0.05, 0) is 18.1 Å². The molecule has 1 aromatic rings. The zero-order valence-electron chi connectivity index (χ0n) is 13.4. The first kappa shape index (κ1) is 19.0. The van der Waals surface area contributed by atoms with Crippen molar-refractivity contribution >= 4 is 29.5 Å². The van der Waals surface area contributed by atoms with Crippen LogP contribution in [-0.4, -0.2) is 50.4 Å². The Morgan fingerprint density at radius 2 is 2.00 bits per heavy atom. The van der Waals surface area contributed by atoms with E-state index >= 15 is 0 Å². The molecule has 0 aromatic heterocycles. The summed E-state index contributed by atoms with van der Waals surface area (Å²) >= 11 is 1.43. The Bertz CT molecular complexity index is 737. The van der Waals surface area contributed by atoms with E-state index in [0.717, 1.165) is 0 Å². The number of β-lactam (4-membered cyclic amide) rings is 1. The van der Waals surface area contributed by atoms with E-state index in [9.17, 15) is 19.5 Å². The number of nitrogens with zero attached hydrogens (tertiary/aromatic N) is 1. The van der Waals surface area contributed by atoms with Crippen molar-refractivity contribution in [2.24, 2.45) is 5.73 Å².